The zero-order chi connectivity index (χ0) is 13.4. The lowest BCUT2D eigenvalue weighted by Crippen LogP contribution is -2.48. The van der Waals surface area contributed by atoms with E-state index in [9.17, 15) is 5.11 Å². The first-order valence-corrected chi connectivity index (χ1v) is 7.34. The highest BCUT2D eigenvalue weighted by molar-refractivity contribution is 5.44. The fourth-order valence-electron chi connectivity index (χ4n) is 3.51. The summed E-state index contributed by atoms with van der Waals surface area (Å²) in [5.41, 5.74) is 2.33. The van der Waals surface area contributed by atoms with Crippen molar-refractivity contribution in [1.82, 2.24) is 4.90 Å². The van der Waals surface area contributed by atoms with E-state index in [1.54, 1.807) is 0 Å². The van der Waals surface area contributed by atoms with Gasteiger partial charge in [-0.25, -0.2) is 0 Å². The Bertz CT molecular complexity index is 460. The molecule has 0 saturated carbocycles. The second-order valence-corrected chi connectivity index (χ2v) is 5.90. The molecule has 2 aliphatic rings. The summed E-state index contributed by atoms with van der Waals surface area (Å²) < 4.78 is 5.75. The molecule has 3 rings (SSSR count). The summed E-state index contributed by atoms with van der Waals surface area (Å²) in [4.78, 5) is 2.47. The molecule has 1 fully saturated rings. The SMILES string of the molecule is Cc1cccc2c1OCC(O)C2N1CCCCC1C. The first-order chi connectivity index (χ1) is 9.18. The van der Waals surface area contributed by atoms with Gasteiger partial charge >= 0.3 is 0 Å². The predicted molar refractivity (Wildman–Crippen MR) is 75.4 cm³/mol. The molecule has 19 heavy (non-hydrogen) atoms. The summed E-state index contributed by atoms with van der Waals surface area (Å²) in [7, 11) is 0. The molecule has 104 valence electrons. The van der Waals surface area contributed by atoms with E-state index in [0.717, 1.165) is 17.9 Å². The minimum atomic E-state index is -0.421. The van der Waals surface area contributed by atoms with Crippen LogP contribution in [0.15, 0.2) is 18.2 Å². The normalized spacial score (nSPS) is 31.6. The first kappa shape index (κ1) is 12.9. The molecule has 2 aliphatic heterocycles. The minimum Gasteiger partial charge on any atom is -0.490 e. The minimum absolute atomic E-state index is 0.0962. The van der Waals surface area contributed by atoms with E-state index in [1.807, 2.05) is 0 Å². The van der Waals surface area contributed by atoms with Crippen molar-refractivity contribution in [2.24, 2.45) is 0 Å². The Balaban J connectivity index is 1.98. The van der Waals surface area contributed by atoms with E-state index in [4.69, 9.17) is 4.74 Å². The van der Waals surface area contributed by atoms with Gasteiger partial charge in [-0.15, -0.1) is 0 Å². The average Bonchev–Trinajstić information content (AvgIpc) is 2.40. The van der Waals surface area contributed by atoms with Crippen LogP contribution in [0.3, 0.4) is 0 Å². The summed E-state index contributed by atoms with van der Waals surface area (Å²) in [6.07, 6.45) is 3.34. The first-order valence-electron chi connectivity index (χ1n) is 7.34. The van der Waals surface area contributed by atoms with Crippen molar-refractivity contribution in [2.75, 3.05) is 13.2 Å². The number of ether oxygens (including phenoxy) is 1. The topological polar surface area (TPSA) is 32.7 Å². The average molecular weight is 261 g/mol. The number of aryl methyl sites for hydroxylation is 1. The van der Waals surface area contributed by atoms with Gasteiger partial charge in [0.05, 0.1) is 6.04 Å². The number of aliphatic hydroxyl groups excluding tert-OH is 1. The van der Waals surface area contributed by atoms with E-state index >= 15 is 0 Å². The molecule has 0 amide bonds. The number of nitrogens with zero attached hydrogens (tertiary/aromatic N) is 1. The van der Waals surface area contributed by atoms with Crippen molar-refractivity contribution in [1.29, 1.82) is 0 Å². The zero-order valence-corrected chi connectivity index (χ0v) is 11.8. The number of rotatable bonds is 1. The molecular weight excluding hydrogens is 238 g/mol. The summed E-state index contributed by atoms with van der Waals surface area (Å²) in [5, 5.41) is 10.4. The largest absolute Gasteiger partial charge is 0.490 e. The molecule has 0 aliphatic carbocycles. The Hall–Kier alpha value is -1.06. The number of hydrogen-bond donors (Lipinski definition) is 1. The van der Waals surface area contributed by atoms with Crippen LogP contribution in [0.2, 0.25) is 0 Å². The van der Waals surface area contributed by atoms with Gasteiger partial charge in [0, 0.05) is 11.6 Å². The van der Waals surface area contributed by atoms with E-state index < -0.39 is 6.10 Å². The van der Waals surface area contributed by atoms with Gasteiger partial charge in [-0.1, -0.05) is 24.6 Å². The van der Waals surface area contributed by atoms with Crippen LogP contribution in [0, 0.1) is 6.92 Å². The number of fused-ring (bicyclic) bond motifs is 1. The number of para-hydroxylation sites is 1. The molecule has 0 aromatic heterocycles. The molecule has 3 unspecified atom stereocenters. The summed E-state index contributed by atoms with van der Waals surface area (Å²) in [6, 6.07) is 6.89. The van der Waals surface area contributed by atoms with E-state index in [1.165, 1.54) is 24.8 Å². The fourth-order valence-corrected chi connectivity index (χ4v) is 3.51. The highest BCUT2D eigenvalue weighted by Gasteiger charge is 2.37. The van der Waals surface area contributed by atoms with E-state index in [0.29, 0.717) is 12.6 Å². The Morgan fingerprint density at radius 3 is 2.95 bits per heavy atom. The van der Waals surface area contributed by atoms with E-state index in [-0.39, 0.29) is 6.04 Å². The number of hydrogen-bond acceptors (Lipinski definition) is 3. The molecule has 0 spiro atoms. The van der Waals surface area contributed by atoms with Gasteiger partial charge in [-0.2, -0.15) is 0 Å². The van der Waals surface area contributed by atoms with Crippen molar-refractivity contribution in [3.63, 3.8) is 0 Å². The Morgan fingerprint density at radius 1 is 1.32 bits per heavy atom. The molecular formula is C16H23NO2. The summed E-state index contributed by atoms with van der Waals surface area (Å²) >= 11 is 0. The molecule has 1 N–H and O–H groups in total. The zero-order valence-electron chi connectivity index (χ0n) is 11.8. The van der Waals surface area contributed by atoms with Gasteiger partial charge < -0.3 is 9.84 Å². The molecule has 0 bridgehead atoms. The van der Waals surface area contributed by atoms with Crippen molar-refractivity contribution in [3.05, 3.63) is 29.3 Å². The predicted octanol–water partition coefficient (Wildman–Crippen LogP) is 2.66. The molecule has 3 heteroatoms. The van der Waals surface area contributed by atoms with Crippen LogP contribution in [0.1, 0.15) is 43.4 Å². The Kier molecular flexibility index (Phi) is 3.50. The maximum atomic E-state index is 10.4. The van der Waals surface area contributed by atoms with Gasteiger partial charge in [0.2, 0.25) is 0 Å². The quantitative estimate of drug-likeness (QED) is 0.843. The maximum absolute atomic E-state index is 10.4. The highest BCUT2D eigenvalue weighted by atomic mass is 16.5. The second-order valence-electron chi connectivity index (χ2n) is 5.90. The lowest BCUT2D eigenvalue weighted by atomic mass is 9.91. The third-order valence-corrected chi connectivity index (χ3v) is 4.54. The van der Waals surface area contributed by atoms with Crippen LogP contribution in [0.5, 0.6) is 5.75 Å². The summed E-state index contributed by atoms with van der Waals surface area (Å²) in [6.45, 7) is 5.84. The number of piperidine rings is 1. The standard InChI is InChI=1S/C16H23NO2/c1-11-6-5-8-13-15(14(18)10-19-16(11)13)17-9-4-3-7-12(17)2/h5-6,8,12,14-15,18H,3-4,7,9-10H2,1-2H3. The fraction of sp³-hybridized carbons (Fsp3) is 0.625. The lowest BCUT2D eigenvalue weighted by molar-refractivity contribution is -0.0249. The molecule has 1 aromatic carbocycles. The Labute approximate surface area is 115 Å². The van der Waals surface area contributed by atoms with Crippen molar-refractivity contribution < 1.29 is 9.84 Å². The lowest BCUT2D eigenvalue weighted by Gasteiger charge is -2.44. The molecule has 3 nitrogen and oxygen atoms in total. The van der Waals surface area contributed by atoms with Crippen LogP contribution in [0.4, 0.5) is 0 Å². The third kappa shape index (κ3) is 2.26. The monoisotopic (exact) mass is 261 g/mol. The second kappa shape index (κ2) is 5.14. The number of aliphatic hydroxyl groups is 1. The van der Waals surface area contributed by atoms with Crippen LogP contribution in [-0.4, -0.2) is 35.3 Å². The van der Waals surface area contributed by atoms with Crippen molar-refractivity contribution in [3.8, 4) is 5.75 Å². The molecule has 0 radical (unpaired) electrons. The van der Waals surface area contributed by atoms with E-state index in [2.05, 4.69) is 36.9 Å². The molecule has 2 heterocycles. The molecule has 3 atom stereocenters. The van der Waals surface area contributed by atoms with Gasteiger partial charge in [-0.3, -0.25) is 4.90 Å². The van der Waals surface area contributed by atoms with Gasteiger partial charge in [0.25, 0.3) is 0 Å². The van der Waals surface area contributed by atoms with Crippen molar-refractivity contribution >= 4 is 0 Å². The van der Waals surface area contributed by atoms with Crippen LogP contribution in [0.25, 0.3) is 0 Å². The highest BCUT2D eigenvalue weighted by Crippen LogP contribution is 2.40. The summed E-state index contributed by atoms with van der Waals surface area (Å²) in [5.74, 6) is 0.982. The smallest absolute Gasteiger partial charge is 0.127 e. The van der Waals surface area contributed by atoms with Gasteiger partial charge in [-0.05, 0) is 38.8 Å². The number of likely N-dealkylation sites (tertiary alicyclic amines) is 1. The molecule has 1 aromatic rings. The third-order valence-electron chi connectivity index (χ3n) is 4.54. The molecule has 1 saturated heterocycles. The maximum Gasteiger partial charge on any atom is 0.127 e. The van der Waals surface area contributed by atoms with Gasteiger partial charge in [0.15, 0.2) is 0 Å². The van der Waals surface area contributed by atoms with Crippen molar-refractivity contribution in [2.45, 2.75) is 51.3 Å². The Morgan fingerprint density at radius 2 is 2.16 bits per heavy atom. The van der Waals surface area contributed by atoms with Crippen LogP contribution in [-0.2, 0) is 0 Å². The van der Waals surface area contributed by atoms with Crippen LogP contribution >= 0.6 is 0 Å². The van der Waals surface area contributed by atoms with Gasteiger partial charge in [0.1, 0.15) is 18.5 Å². The number of benzene rings is 1. The van der Waals surface area contributed by atoms with Crippen LogP contribution < -0.4 is 4.74 Å².